The lowest BCUT2D eigenvalue weighted by atomic mass is 9.96. The fourth-order valence-corrected chi connectivity index (χ4v) is 2.20. The molecule has 1 aliphatic carbocycles. The summed E-state index contributed by atoms with van der Waals surface area (Å²) in [4.78, 5) is 11.5. The molecule has 0 radical (unpaired) electrons. The van der Waals surface area contributed by atoms with E-state index in [1.165, 1.54) is 0 Å². The summed E-state index contributed by atoms with van der Waals surface area (Å²) in [6, 6.07) is 0. The van der Waals surface area contributed by atoms with Crippen molar-refractivity contribution in [2.75, 3.05) is 7.11 Å². The minimum absolute atomic E-state index is 0.206. The van der Waals surface area contributed by atoms with Crippen LogP contribution in [0, 0.1) is 0 Å². The lowest BCUT2D eigenvalue weighted by Gasteiger charge is -2.15. The Morgan fingerprint density at radius 3 is 2.94 bits per heavy atom. The summed E-state index contributed by atoms with van der Waals surface area (Å²) in [5.41, 5.74) is 2.03. The van der Waals surface area contributed by atoms with Crippen LogP contribution in [-0.2, 0) is 11.3 Å². The van der Waals surface area contributed by atoms with Crippen molar-refractivity contribution in [3.05, 3.63) is 18.0 Å². The molecule has 4 heteroatoms. The van der Waals surface area contributed by atoms with Crippen LogP contribution in [0.15, 0.2) is 12.3 Å². The summed E-state index contributed by atoms with van der Waals surface area (Å²) in [6.07, 6.45) is 7.00. The topological polar surface area (TPSA) is 44.1 Å². The number of carbonyl (C=O) groups excluding carboxylic acids is 1. The van der Waals surface area contributed by atoms with E-state index in [2.05, 4.69) is 12.0 Å². The second-order valence-corrected chi connectivity index (χ2v) is 4.27. The zero-order chi connectivity index (χ0) is 12.3. The molecule has 0 saturated heterocycles. The first-order chi connectivity index (χ1) is 8.26. The van der Waals surface area contributed by atoms with Gasteiger partial charge in [0.25, 0.3) is 0 Å². The van der Waals surface area contributed by atoms with Gasteiger partial charge < -0.3 is 4.74 Å². The number of methoxy groups -OCH3 is 1. The molecule has 17 heavy (non-hydrogen) atoms. The Labute approximate surface area is 101 Å². The maximum Gasteiger partial charge on any atom is 0.164 e. The van der Waals surface area contributed by atoms with Gasteiger partial charge in [0.1, 0.15) is 5.69 Å². The molecule has 1 aromatic heterocycles. The Bertz CT molecular complexity index is 446. The normalized spacial score (nSPS) is 15.9. The number of aryl methyl sites for hydroxylation is 1. The first kappa shape index (κ1) is 11.9. The molecule has 2 rings (SSSR count). The Hall–Kier alpha value is -1.58. The minimum Gasteiger partial charge on any atom is -0.493 e. The molecule has 0 amide bonds. The predicted octanol–water partition coefficient (Wildman–Crippen LogP) is 2.44. The van der Waals surface area contributed by atoms with Crippen molar-refractivity contribution in [1.82, 2.24) is 9.78 Å². The van der Waals surface area contributed by atoms with Crippen molar-refractivity contribution in [2.24, 2.45) is 0 Å². The fourth-order valence-electron chi connectivity index (χ4n) is 2.20. The highest BCUT2D eigenvalue weighted by Crippen LogP contribution is 2.32. The number of carbonyl (C=O) groups is 1. The van der Waals surface area contributed by atoms with Crippen LogP contribution >= 0.6 is 0 Å². The molecule has 4 nitrogen and oxygen atoms in total. The number of ether oxygens (including phenoxy) is 1. The van der Waals surface area contributed by atoms with Gasteiger partial charge in [-0.3, -0.25) is 9.48 Å². The third kappa shape index (κ3) is 2.40. The second kappa shape index (κ2) is 5.17. The maximum absolute atomic E-state index is 11.5. The second-order valence-electron chi connectivity index (χ2n) is 4.27. The number of allylic oxidation sites excluding steroid dienone is 2. The largest absolute Gasteiger partial charge is 0.493 e. The Balaban J connectivity index is 2.41. The summed E-state index contributed by atoms with van der Waals surface area (Å²) in [5.74, 6) is 0.969. The van der Waals surface area contributed by atoms with Crippen molar-refractivity contribution >= 4 is 11.4 Å². The summed E-state index contributed by atoms with van der Waals surface area (Å²) in [5, 5.41) is 4.32. The highest BCUT2D eigenvalue weighted by molar-refractivity contribution is 5.98. The van der Waals surface area contributed by atoms with E-state index in [1.807, 2.05) is 4.68 Å². The standard InChI is InChI=1S/C13H18N2O2/c1-3-7-15-13(12(17-2)9-14-15)10-5-4-6-11(16)8-10/h8-9H,3-7H2,1-2H3. The van der Waals surface area contributed by atoms with Crippen molar-refractivity contribution in [2.45, 2.75) is 39.2 Å². The van der Waals surface area contributed by atoms with Crippen molar-refractivity contribution < 1.29 is 9.53 Å². The molecule has 0 bridgehead atoms. The van der Waals surface area contributed by atoms with E-state index in [-0.39, 0.29) is 5.78 Å². The minimum atomic E-state index is 0.206. The van der Waals surface area contributed by atoms with E-state index in [4.69, 9.17) is 4.74 Å². The van der Waals surface area contributed by atoms with Crippen LogP contribution in [0.3, 0.4) is 0 Å². The number of ketones is 1. The van der Waals surface area contributed by atoms with E-state index in [9.17, 15) is 4.79 Å². The lowest BCUT2D eigenvalue weighted by molar-refractivity contribution is -0.114. The molecular formula is C13H18N2O2. The predicted molar refractivity (Wildman–Crippen MR) is 65.9 cm³/mol. The highest BCUT2D eigenvalue weighted by atomic mass is 16.5. The highest BCUT2D eigenvalue weighted by Gasteiger charge is 2.19. The van der Waals surface area contributed by atoms with E-state index >= 15 is 0 Å². The molecule has 0 saturated carbocycles. The first-order valence-electron chi connectivity index (χ1n) is 6.09. The van der Waals surface area contributed by atoms with Crippen LogP contribution in [0.2, 0.25) is 0 Å². The summed E-state index contributed by atoms with van der Waals surface area (Å²) in [7, 11) is 1.64. The average Bonchev–Trinajstić information content (AvgIpc) is 2.72. The summed E-state index contributed by atoms with van der Waals surface area (Å²) in [6.45, 7) is 2.96. The third-order valence-corrected chi connectivity index (χ3v) is 2.97. The summed E-state index contributed by atoms with van der Waals surface area (Å²) >= 11 is 0. The van der Waals surface area contributed by atoms with Crippen LogP contribution in [0.5, 0.6) is 5.75 Å². The van der Waals surface area contributed by atoms with E-state index < -0.39 is 0 Å². The first-order valence-corrected chi connectivity index (χ1v) is 6.09. The monoisotopic (exact) mass is 234 g/mol. The number of rotatable bonds is 4. The molecule has 0 aliphatic heterocycles. The molecule has 92 valence electrons. The number of aromatic nitrogens is 2. The third-order valence-electron chi connectivity index (χ3n) is 2.97. The Kier molecular flexibility index (Phi) is 3.61. The Morgan fingerprint density at radius 1 is 1.47 bits per heavy atom. The zero-order valence-electron chi connectivity index (χ0n) is 10.4. The molecule has 0 atom stereocenters. The van der Waals surface area contributed by atoms with Gasteiger partial charge in [-0.2, -0.15) is 5.10 Å². The van der Waals surface area contributed by atoms with E-state index in [1.54, 1.807) is 19.4 Å². The van der Waals surface area contributed by atoms with Gasteiger partial charge in [-0.05, 0) is 30.9 Å². The quantitative estimate of drug-likeness (QED) is 0.803. The van der Waals surface area contributed by atoms with Crippen molar-refractivity contribution in [3.8, 4) is 5.75 Å². The van der Waals surface area contributed by atoms with Gasteiger partial charge >= 0.3 is 0 Å². The van der Waals surface area contributed by atoms with Gasteiger partial charge in [0.15, 0.2) is 11.5 Å². The van der Waals surface area contributed by atoms with Crippen molar-refractivity contribution in [1.29, 1.82) is 0 Å². The number of nitrogens with zero attached hydrogens (tertiary/aromatic N) is 2. The van der Waals surface area contributed by atoms with Gasteiger partial charge in [-0.1, -0.05) is 6.92 Å². The molecular weight excluding hydrogens is 216 g/mol. The molecule has 1 aliphatic rings. The van der Waals surface area contributed by atoms with Crippen LogP contribution in [0.25, 0.3) is 5.57 Å². The average molecular weight is 234 g/mol. The van der Waals surface area contributed by atoms with Gasteiger partial charge in [0, 0.05) is 13.0 Å². The van der Waals surface area contributed by atoms with Crippen molar-refractivity contribution in [3.63, 3.8) is 0 Å². The van der Waals surface area contributed by atoms with Crippen LogP contribution in [-0.4, -0.2) is 22.7 Å². The van der Waals surface area contributed by atoms with Crippen LogP contribution < -0.4 is 4.74 Å². The van der Waals surface area contributed by atoms with Gasteiger partial charge in [0.2, 0.25) is 0 Å². The molecule has 0 unspecified atom stereocenters. The molecule has 0 fully saturated rings. The summed E-state index contributed by atoms with van der Waals surface area (Å²) < 4.78 is 7.26. The number of hydrogen-bond donors (Lipinski definition) is 0. The smallest absolute Gasteiger partial charge is 0.164 e. The van der Waals surface area contributed by atoms with E-state index in [0.717, 1.165) is 42.8 Å². The SMILES string of the molecule is CCCn1ncc(OC)c1C1=CC(=O)CCC1. The van der Waals surface area contributed by atoms with Gasteiger partial charge in [0.05, 0.1) is 13.3 Å². The lowest BCUT2D eigenvalue weighted by Crippen LogP contribution is -2.09. The van der Waals surface area contributed by atoms with Crippen LogP contribution in [0.1, 0.15) is 38.3 Å². The maximum atomic E-state index is 11.5. The molecule has 0 N–H and O–H groups in total. The molecule has 0 aromatic carbocycles. The molecule has 1 aromatic rings. The van der Waals surface area contributed by atoms with Gasteiger partial charge in [-0.25, -0.2) is 0 Å². The zero-order valence-corrected chi connectivity index (χ0v) is 10.4. The van der Waals surface area contributed by atoms with E-state index in [0.29, 0.717) is 6.42 Å². The number of hydrogen-bond acceptors (Lipinski definition) is 3. The molecule has 0 spiro atoms. The Morgan fingerprint density at radius 2 is 2.29 bits per heavy atom. The fraction of sp³-hybridized carbons (Fsp3) is 0.538. The van der Waals surface area contributed by atoms with Gasteiger partial charge in [-0.15, -0.1) is 0 Å². The molecule has 1 heterocycles. The van der Waals surface area contributed by atoms with Crippen LogP contribution in [0.4, 0.5) is 0 Å².